The summed E-state index contributed by atoms with van der Waals surface area (Å²) in [5, 5.41) is 3.45. The summed E-state index contributed by atoms with van der Waals surface area (Å²) < 4.78 is 6.22. The Morgan fingerprint density at radius 3 is 2.52 bits per heavy atom. The number of hydrogen-bond donors (Lipinski definition) is 1. The van der Waals surface area contributed by atoms with Crippen LogP contribution in [0.4, 0.5) is 0 Å². The van der Waals surface area contributed by atoms with E-state index in [0.717, 1.165) is 50.7 Å². The van der Waals surface area contributed by atoms with Crippen molar-refractivity contribution in [2.75, 3.05) is 19.7 Å². The van der Waals surface area contributed by atoms with Crippen molar-refractivity contribution in [1.29, 1.82) is 0 Å². The van der Waals surface area contributed by atoms with Gasteiger partial charge in [-0.15, -0.1) is 0 Å². The molecule has 0 fully saturated rings. The fourth-order valence-electron chi connectivity index (χ4n) is 2.98. The summed E-state index contributed by atoms with van der Waals surface area (Å²) in [5.74, 6) is 2.35. The number of aromatic nitrogens is 2. The van der Waals surface area contributed by atoms with E-state index in [9.17, 15) is 0 Å². The Morgan fingerprint density at radius 1 is 1.13 bits per heavy atom. The lowest BCUT2D eigenvalue weighted by Gasteiger charge is -2.22. The molecule has 1 aliphatic heterocycles. The lowest BCUT2D eigenvalue weighted by Crippen LogP contribution is -2.21. The van der Waals surface area contributed by atoms with E-state index in [1.807, 2.05) is 0 Å². The Kier molecular flexibility index (Phi) is 6.40. The van der Waals surface area contributed by atoms with Gasteiger partial charge in [0.25, 0.3) is 0 Å². The van der Waals surface area contributed by atoms with Crippen LogP contribution in [0.25, 0.3) is 0 Å². The zero-order valence-corrected chi connectivity index (χ0v) is 15.5. The van der Waals surface area contributed by atoms with Gasteiger partial charge in [0.05, 0.1) is 12.3 Å². The first-order valence-corrected chi connectivity index (χ1v) is 9.19. The molecule has 2 heterocycles. The van der Waals surface area contributed by atoms with Gasteiger partial charge in [-0.3, -0.25) is 0 Å². The first kappa shape index (κ1) is 18.2. The third-order valence-corrected chi connectivity index (χ3v) is 4.55. The van der Waals surface area contributed by atoms with Gasteiger partial charge in [0.2, 0.25) is 5.88 Å². The quantitative estimate of drug-likeness (QED) is 0.869. The number of hydrogen-bond acceptors (Lipinski definition) is 4. The molecule has 1 aliphatic rings. The number of fused-ring (bicyclic) bond motifs is 1. The van der Waals surface area contributed by atoms with Gasteiger partial charge >= 0.3 is 0 Å². The summed E-state index contributed by atoms with van der Waals surface area (Å²) in [6.07, 6.45) is 5.51. The molecule has 1 aromatic rings. The van der Waals surface area contributed by atoms with Gasteiger partial charge in [0, 0.05) is 23.9 Å². The van der Waals surface area contributed by atoms with Crippen LogP contribution in [0.15, 0.2) is 0 Å². The van der Waals surface area contributed by atoms with Crippen molar-refractivity contribution in [1.82, 2.24) is 15.3 Å². The second kappa shape index (κ2) is 8.09. The molecule has 4 heteroatoms. The second-order valence-electron chi connectivity index (χ2n) is 7.65. The van der Waals surface area contributed by atoms with Gasteiger partial charge < -0.3 is 10.1 Å². The fourth-order valence-corrected chi connectivity index (χ4v) is 2.98. The first-order valence-electron chi connectivity index (χ1n) is 9.19. The lowest BCUT2D eigenvalue weighted by molar-refractivity contribution is 0.223. The summed E-state index contributed by atoms with van der Waals surface area (Å²) in [5.41, 5.74) is 2.34. The van der Waals surface area contributed by atoms with Crippen LogP contribution >= 0.6 is 0 Å². The third kappa shape index (κ3) is 4.90. The van der Waals surface area contributed by atoms with Crippen molar-refractivity contribution in [3.05, 3.63) is 17.1 Å². The molecular weight excluding hydrogens is 286 g/mol. The van der Waals surface area contributed by atoms with Crippen LogP contribution in [0.5, 0.6) is 5.88 Å². The Hall–Kier alpha value is -1.16. The highest BCUT2D eigenvalue weighted by Crippen LogP contribution is 2.27. The molecule has 1 atom stereocenters. The summed E-state index contributed by atoms with van der Waals surface area (Å²) in [6, 6.07) is 0. The minimum atomic E-state index is -0.0551. The molecule has 4 nitrogen and oxygen atoms in total. The summed E-state index contributed by atoms with van der Waals surface area (Å²) >= 11 is 0. The standard InChI is InChI=1S/C19H33N3O/c1-6-8-14(7-2)13-23-17-15-9-11-20-12-10-16(15)21-18(22-17)19(3,4)5/h14,20H,6-13H2,1-5H3. The van der Waals surface area contributed by atoms with Crippen molar-refractivity contribution in [3.63, 3.8) is 0 Å². The van der Waals surface area contributed by atoms with E-state index < -0.39 is 0 Å². The van der Waals surface area contributed by atoms with Gasteiger partial charge in [0.15, 0.2) is 0 Å². The van der Waals surface area contributed by atoms with Crippen molar-refractivity contribution in [2.45, 2.75) is 72.1 Å². The molecule has 1 aromatic heterocycles. The highest BCUT2D eigenvalue weighted by molar-refractivity contribution is 5.34. The zero-order valence-electron chi connectivity index (χ0n) is 15.5. The molecule has 0 saturated heterocycles. The van der Waals surface area contributed by atoms with E-state index in [-0.39, 0.29) is 5.41 Å². The van der Waals surface area contributed by atoms with Crippen molar-refractivity contribution in [2.24, 2.45) is 5.92 Å². The maximum atomic E-state index is 6.22. The molecule has 0 aliphatic carbocycles. The lowest BCUT2D eigenvalue weighted by atomic mass is 9.95. The largest absolute Gasteiger partial charge is 0.477 e. The number of ether oxygens (including phenoxy) is 1. The molecule has 0 spiro atoms. The molecule has 2 rings (SSSR count). The minimum Gasteiger partial charge on any atom is -0.477 e. The van der Waals surface area contributed by atoms with Gasteiger partial charge in [-0.05, 0) is 25.3 Å². The number of nitrogens with one attached hydrogen (secondary N) is 1. The fraction of sp³-hybridized carbons (Fsp3) is 0.789. The number of nitrogens with zero attached hydrogens (tertiary/aromatic N) is 2. The molecule has 0 bridgehead atoms. The Bertz CT molecular complexity index is 508. The monoisotopic (exact) mass is 319 g/mol. The normalized spacial score (nSPS) is 16.6. The molecule has 23 heavy (non-hydrogen) atoms. The van der Waals surface area contributed by atoms with Gasteiger partial charge in [-0.2, -0.15) is 4.98 Å². The molecule has 1 N–H and O–H groups in total. The smallest absolute Gasteiger partial charge is 0.220 e. The van der Waals surface area contributed by atoms with E-state index in [1.54, 1.807) is 0 Å². The van der Waals surface area contributed by atoms with Crippen LogP contribution in [0.3, 0.4) is 0 Å². The highest BCUT2D eigenvalue weighted by atomic mass is 16.5. The topological polar surface area (TPSA) is 47.0 Å². The predicted molar refractivity (Wildman–Crippen MR) is 95.2 cm³/mol. The van der Waals surface area contributed by atoms with Crippen LogP contribution in [-0.4, -0.2) is 29.7 Å². The average molecular weight is 319 g/mol. The molecule has 130 valence electrons. The second-order valence-corrected chi connectivity index (χ2v) is 7.65. The summed E-state index contributed by atoms with van der Waals surface area (Å²) in [6.45, 7) is 13.7. The minimum absolute atomic E-state index is 0.0551. The molecule has 0 aromatic carbocycles. The molecule has 0 radical (unpaired) electrons. The molecule has 0 saturated carbocycles. The van der Waals surface area contributed by atoms with Crippen molar-refractivity contribution in [3.8, 4) is 5.88 Å². The maximum absolute atomic E-state index is 6.22. The molecular formula is C19H33N3O. The SMILES string of the molecule is CCCC(CC)COc1nc(C(C)(C)C)nc2c1CCNCC2. The van der Waals surface area contributed by atoms with E-state index in [1.165, 1.54) is 24.1 Å². The van der Waals surface area contributed by atoms with Crippen molar-refractivity contribution >= 4 is 0 Å². The van der Waals surface area contributed by atoms with Gasteiger partial charge in [0.1, 0.15) is 5.82 Å². The highest BCUT2D eigenvalue weighted by Gasteiger charge is 2.24. The number of rotatable bonds is 6. The van der Waals surface area contributed by atoms with Crippen molar-refractivity contribution < 1.29 is 4.74 Å². The summed E-state index contributed by atoms with van der Waals surface area (Å²) in [7, 11) is 0. The van der Waals surface area contributed by atoms with E-state index >= 15 is 0 Å². The van der Waals surface area contributed by atoms with Crippen LogP contribution in [0.1, 0.15) is 71.0 Å². The van der Waals surface area contributed by atoms with Gasteiger partial charge in [-0.1, -0.05) is 47.5 Å². The first-order chi connectivity index (χ1) is 11.0. The van der Waals surface area contributed by atoms with E-state index in [2.05, 4.69) is 39.9 Å². The molecule has 0 amide bonds. The van der Waals surface area contributed by atoms with Crippen LogP contribution in [0, 0.1) is 5.92 Å². The zero-order chi connectivity index (χ0) is 16.9. The Labute approximate surface area is 141 Å². The third-order valence-electron chi connectivity index (χ3n) is 4.55. The maximum Gasteiger partial charge on any atom is 0.220 e. The van der Waals surface area contributed by atoms with Crippen LogP contribution < -0.4 is 10.1 Å². The summed E-state index contributed by atoms with van der Waals surface area (Å²) in [4.78, 5) is 9.66. The average Bonchev–Trinajstić information content (AvgIpc) is 2.75. The van der Waals surface area contributed by atoms with Crippen LogP contribution in [-0.2, 0) is 18.3 Å². The predicted octanol–water partition coefficient (Wildman–Crippen LogP) is 3.67. The Balaban J connectivity index is 2.28. The van der Waals surface area contributed by atoms with Gasteiger partial charge in [-0.25, -0.2) is 4.98 Å². The molecule has 1 unspecified atom stereocenters. The van der Waals surface area contributed by atoms with E-state index in [0.29, 0.717) is 5.92 Å². The van der Waals surface area contributed by atoms with Crippen LogP contribution in [0.2, 0.25) is 0 Å². The Morgan fingerprint density at radius 2 is 1.87 bits per heavy atom. The van der Waals surface area contributed by atoms with E-state index in [4.69, 9.17) is 14.7 Å².